The van der Waals surface area contributed by atoms with E-state index in [9.17, 15) is 14.4 Å². The van der Waals surface area contributed by atoms with Gasteiger partial charge in [0.2, 0.25) is 5.91 Å². The van der Waals surface area contributed by atoms with Crippen LogP contribution in [0.5, 0.6) is 5.75 Å². The lowest BCUT2D eigenvalue weighted by molar-refractivity contribution is -0.121. The minimum Gasteiger partial charge on any atom is -0.482 e. The highest BCUT2D eigenvalue weighted by Crippen LogP contribution is 2.31. The number of aromatic nitrogens is 1. The van der Waals surface area contributed by atoms with E-state index in [2.05, 4.69) is 5.43 Å². The molecule has 1 N–H and O–H groups in total. The van der Waals surface area contributed by atoms with Gasteiger partial charge in [-0.3, -0.25) is 19.8 Å². The molecule has 0 saturated heterocycles. The second-order valence-electron chi connectivity index (χ2n) is 5.93. The van der Waals surface area contributed by atoms with E-state index in [1.54, 1.807) is 19.1 Å². The van der Waals surface area contributed by atoms with E-state index in [4.69, 9.17) is 4.74 Å². The zero-order chi connectivity index (χ0) is 18.0. The largest absolute Gasteiger partial charge is 0.482 e. The molecule has 25 heavy (non-hydrogen) atoms. The molecule has 2 amide bonds. The molecule has 1 aromatic heterocycles. The summed E-state index contributed by atoms with van der Waals surface area (Å²) in [6, 6.07) is 10.5. The highest BCUT2D eigenvalue weighted by Gasteiger charge is 2.25. The SMILES string of the molecule is Cc1cc(C)n(NC(=O)CCN2C(=O)COc3ccccc32)c(=O)c1. The number of anilines is 1. The molecule has 1 aliphatic heterocycles. The zero-order valence-corrected chi connectivity index (χ0v) is 14.1. The van der Waals surface area contributed by atoms with Crippen molar-refractivity contribution in [2.45, 2.75) is 20.3 Å². The summed E-state index contributed by atoms with van der Waals surface area (Å²) in [6.07, 6.45) is 0.0693. The predicted molar refractivity (Wildman–Crippen MR) is 93.5 cm³/mol. The van der Waals surface area contributed by atoms with Gasteiger partial charge in [0.25, 0.3) is 11.5 Å². The minimum absolute atomic E-state index is 0.0465. The molecule has 0 fully saturated rings. The highest BCUT2D eigenvalue weighted by atomic mass is 16.5. The smallest absolute Gasteiger partial charge is 0.269 e. The van der Waals surface area contributed by atoms with Crippen molar-refractivity contribution in [2.24, 2.45) is 0 Å². The molecular formula is C18H19N3O4. The molecule has 3 rings (SSSR count). The van der Waals surface area contributed by atoms with Crippen molar-refractivity contribution in [1.82, 2.24) is 4.68 Å². The maximum Gasteiger partial charge on any atom is 0.269 e. The fourth-order valence-electron chi connectivity index (χ4n) is 2.81. The Balaban J connectivity index is 1.69. The molecule has 0 unspecified atom stereocenters. The first-order chi connectivity index (χ1) is 12.0. The van der Waals surface area contributed by atoms with Crippen LogP contribution in [0.25, 0.3) is 0 Å². The topological polar surface area (TPSA) is 80.6 Å². The molecule has 0 atom stereocenters. The number of hydrogen-bond acceptors (Lipinski definition) is 4. The third-order valence-corrected chi connectivity index (χ3v) is 3.97. The molecule has 7 nitrogen and oxygen atoms in total. The van der Waals surface area contributed by atoms with Gasteiger partial charge in [-0.15, -0.1) is 0 Å². The van der Waals surface area contributed by atoms with E-state index >= 15 is 0 Å². The third-order valence-electron chi connectivity index (χ3n) is 3.97. The molecule has 0 saturated carbocycles. The number of carbonyl (C=O) groups is 2. The van der Waals surface area contributed by atoms with Crippen molar-refractivity contribution in [2.75, 3.05) is 23.5 Å². The van der Waals surface area contributed by atoms with Crippen molar-refractivity contribution < 1.29 is 14.3 Å². The summed E-state index contributed by atoms with van der Waals surface area (Å²) in [6.45, 7) is 3.73. The van der Waals surface area contributed by atoms with Gasteiger partial charge in [0.05, 0.1) is 5.69 Å². The Hall–Kier alpha value is -3.09. The van der Waals surface area contributed by atoms with E-state index in [-0.39, 0.29) is 36.9 Å². The number of nitrogens with one attached hydrogen (secondary N) is 1. The van der Waals surface area contributed by atoms with E-state index in [0.29, 0.717) is 17.1 Å². The molecule has 0 spiro atoms. The van der Waals surface area contributed by atoms with Gasteiger partial charge < -0.3 is 9.64 Å². The second kappa shape index (κ2) is 6.80. The van der Waals surface area contributed by atoms with Gasteiger partial charge in [-0.2, -0.15) is 0 Å². The van der Waals surface area contributed by atoms with E-state index in [1.807, 2.05) is 25.1 Å². The summed E-state index contributed by atoms with van der Waals surface area (Å²) >= 11 is 0. The Labute approximate surface area is 144 Å². The van der Waals surface area contributed by atoms with Crippen molar-refractivity contribution in [3.8, 4) is 5.75 Å². The number of amides is 2. The Morgan fingerprint density at radius 3 is 2.72 bits per heavy atom. The molecule has 1 aliphatic rings. The van der Waals surface area contributed by atoms with Crippen LogP contribution in [-0.2, 0) is 9.59 Å². The average molecular weight is 341 g/mol. The number of pyridine rings is 1. The number of carbonyl (C=O) groups excluding carboxylic acids is 2. The minimum atomic E-state index is -0.342. The van der Waals surface area contributed by atoms with E-state index in [0.717, 1.165) is 5.56 Å². The van der Waals surface area contributed by atoms with E-state index < -0.39 is 0 Å². The van der Waals surface area contributed by atoms with Crippen molar-refractivity contribution in [3.05, 3.63) is 58.0 Å². The normalized spacial score (nSPS) is 13.2. The van der Waals surface area contributed by atoms with Gasteiger partial charge in [-0.1, -0.05) is 12.1 Å². The van der Waals surface area contributed by atoms with Gasteiger partial charge >= 0.3 is 0 Å². The van der Waals surface area contributed by atoms with Crippen LogP contribution in [0, 0.1) is 13.8 Å². The van der Waals surface area contributed by atoms with Crippen LogP contribution in [-0.4, -0.2) is 29.6 Å². The van der Waals surface area contributed by atoms with Crippen molar-refractivity contribution >= 4 is 17.5 Å². The molecule has 7 heteroatoms. The monoisotopic (exact) mass is 341 g/mol. The number of rotatable bonds is 4. The fraction of sp³-hybridized carbons (Fsp3) is 0.278. The quantitative estimate of drug-likeness (QED) is 0.910. The number of ether oxygens (including phenoxy) is 1. The van der Waals surface area contributed by atoms with E-state index in [1.165, 1.54) is 15.6 Å². The molecule has 2 aromatic rings. The fourth-order valence-corrected chi connectivity index (χ4v) is 2.81. The summed E-state index contributed by atoms with van der Waals surface area (Å²) in [7, 11) is 0. The summed E-state index contributed by atoms with van der Waals surface area (Å²) in [5, 5.41) is 0. The Morgan fingerprint density at radius 2 is 1.96 bits per heavy atom. The average Bonchev–Trinajstić information content (AvgIpc) is 2.57. The summed E-state index contributed by atoms with van der Waals surface area (Å²) in [5.74, 6) is 0.0779. The van der Waals surface area contributed by atoms with Gasteiger partial charge in [0.15, 0.2) is 6.61 Å². The van der Waals surface area contributed by atoms with Gasteiger partial charge in [-0.25, -0.2) is 4.68 Å². The maximum absolute atomic E-state index is 12.2. The lowest BCUT2D eigenvalue weighted by atomic mass is 10.2. The summed E-state index contributed by atoms with van der Waals surface area (Å²) in [5.41, 5.74) is 4.42. The number of hydrogen-bond donors (Lipinski definition) is 1. The molecular weight excluding hydrogens is 322 g/mol. The maximum atomic E-state index is 12.2. The number of para-hydroxylation sites is 2. The van der Waals surface area contributed by atoms with Crippen LogP contribution in [0.2, 0.25) is 0 Å². The second-order valence-corrected chi connectivity index (χ2v) is 5.93. The number of aryl methyl sites for hydroxylation is 2. The van der Waals surface area contributed by atoms with Crippen LogP contribution in [0.3, 0.4) is 0 Å². The Kier molecular flexibility index (Phi) is 4.56. The van der Waals surface area contributed by atoms with Crippen molar-refractivity contribution in [1.29, 1.82) is 0 Å². The number of benzene rings is 1. The Bertz CT molecular complexity index is 888. The molecule has 0 aliphatic carbocycles. The predicted octanol–water partition coefficient (Wildman–Crippen LogP) is 1.35. The Morgan fingerprint density at radius 1 is 1.20 bits per heavy atom. The van der Waals surface area contributed by atoms with Crippen molar-refractivity contribution in [3.63, 3.8) is 0 Å². The van der Waals surface area contributed by atoms with Crippen LogP contribution >= 0.6 is 0 Å². The van der Waals surface area contributed by atoms with Crippen LogP contribution < -0.4 is 20.6 Å². The van der Waals surface area contributed by atoms with Gasteiger partial charge in [-0.05, 0) is 37.6 Å². The number of fused-ring (bicyclic) bond motifs is 1. The molecule has 130 valence electrons. The lowest BCUT2D eigenvalue weighted by Gasteiger charge is -2.29. The first kappa shape index (κ1) is 16.8. The third kappa shape index (κ3) is 3.55. The molecule has 0 radical (unpaired) electrons. The lowest BCUT2D eigenvalue weighted by Crippen LogP contribution is -2.41. The van der Waals surface area contributed by atoms with Crippen LogP contribution in [0.15, 0.2) is 41.2 Å². The van der Waals surface area contributed by atoms with Crippen LogP contribution in [0.4, 0.5) is 5.69 Å². The first-order valence-corrected chi connectivity index (χ1v) is 7.98. The van der Waals surface area contributed by atoms with Crippen LogP contribution in [0.1, 0.15) is 17.7 Å². The molecule has 0 bridgehead atoms. The van der Waals surface area contributed by atoms with Gasteiger partial charge in [0.1, 0.15) is 5.75 Å². The first-order valence-electron chi connectivity index (χ1n) is 7.98. The summed E-state index contributed by atoms with van der Waals surface area (Å²) in [4.78, 5) is 37.8. The summed E-state index contributed by atoms with van der Waals surface area (Å²) < 4.78 is 6.59. The molecule has 1 aromatic carbocycles. The standard InChI is InChI=1S/C18H19N3O4/c1-12-9-13(2)21(17(23)10-12)19-16(22)7-8-20-14-5-3-4-6-15(14)25-11-18(20)24/h3-6,9-10H,7-8,11H2,1-2H3,(H,19,22). The molecule has 2 heterocycles. The highest BCUT2D eigenvalue weighted by molar-refractivity contribution is 5.98. The zero-order valence-electron chi connectivity index (χ0n) is 14.1. The number of nitrogens with zero attached hydrogens (tertiary/aromatic N) is 2. The van der Waals surface area contributed by atoms with Gasteiger partial charge in [0, 0.05) is 24.7 Å².